The van der Waals surface area contributed by atoms with Crippen molar-refractivity contribution < 1.29 is 18.0 Å². The van der Waals surface area contributed by atoms with Crippen molar-refractivity contribution in [3.63, 3.8) is 0 Å². The Morgan fingerprint density at radius 1 is 1.12 bits per heavy atom. The van der Waals surface area contributed by atoms with Gasteiger partial charge in [0, 0.05) is 31.9 Å². The van der Waals surface area contributed by atoms with Gasteiger partial charge in [-0.1, -0.05) is 37.3 Å². The topological polar surface area (TPSA) is 38.8 Å². The molecule has 0 aromatic heterocycles. The summed E-state index contributed by atoms with van der Waals surface area (Å²) in [6.07, 6.45) is -3.51. The Morgan fingerprint density at radius 3 is 2.53 bits per heavy atom. The van der Waals surface area contributed by atoms with E-state index >= 15 is 0 Å². The molecule has 0 saturated carbocycles. The maximum atomic E-state index is 13.6. The predicted octanol–water partition coefficient (Wildman–Crippen LogP) is 4.65. The smallest absolute Gasteiger partial charge is 0.376 e. The van der Waals surface area contributed by atoms with Crippen LogP contribution in [0.4, 0.5) is 18.9 Å². The number of anilines is 1. The Kier molecular flexibility index (Phi) is 8.60. The number of hydrogen-bond acceptors (Lipinski definition) is 4. The van der Waals surface area contributed by atoms with E-state index in [-0.39, 0.29) is 18.0 Å². The van der Waals surface area contributed by atoms with Gasteiger partial charge in [0.1, 0.15) is 0 Å². The van der Waals surface area contributed by atoms with Crippen LogP contribution >= 0.6 is 0 Å². The van der Waals surface area contributed by atoms with Crippen LogP contribution in [0.5, 0.6) is 0 Å². The molecule has 1 unspecified atom stereocenters. The normalized spacial score (nSPS) is 15.2. The zero-order valence-corrected chi connectivity index (χ0v) is 20.5. The molecule has 3 rings (SSSR count). The molecule has 1 N–H and O–H groups in total. The van der Waals surface area contributed by atoms with Crippen LogP contribution in [0.25, 0.3) is 0 Å². The van der Waals surface area contributed by atoms with Gasteiger partial charge in [-0.05, 0) is 62.8 Å². The SMILES string of the molecule is CCN1CCc2cccc(NCC(=O)N(CCN(C)C)C(C)c3ccccc3C(F)(F)F)c2C1. The molecule has 2 aromatic rings. The maximum absolute atomic E-state index is 13.6. The quantitative estimate of drug-likeness (QED) is 0.572. The van der Waals surface area contributed by atoms with E-state index in [0.29, 0.717) is 13.1 Å². The molecule has 1 aliphatic rings. The second-order valence-corrected chi connectivity index (χ2v) is 9.07. The number of benzene rings is 2. The van der Waals surface area contributed by atoms with Crippen molar-refractivity contribution in [1.82, 2.24) is 14.7 Å². The first-order valence-electron chi connectivity index (χ1n) is 11.8. The molecular weight excluding hydrogens is 441 g/mol. The molecule has 2 aromatic carbocycles. The van der Waals surface area contributed by atoms with E-state index in [1.165, 1.54) is 23.3 Å². The molecule has 1 amide bonds. The van der Waals surface area contributed by atoms with Crippen LogP contribution in [-0.4, -0.2) is 67.4 Å². The molecule has 0 radical (unpaired) electrons. The Morgan fingerprint density at radius 2 is 1.85 bits per heavy atom. The summed E-state index contributed by atoms with van der Waals surface area (Å²) in [4.78, 5) is 19.2. The lowest BCUT2D eigenvalue weighted by Crippen LogP contribution is -2.42. The minimum atomic E-state index is -4.48. The minimum Gasteiger partial charge on any atom is -0.376 e. The Balaban J connectivity index is 1.81. The third-order valence-electron chi connectivity index (χ3n) is 6.52. The fourth-order valence-electron chi connectivity index (χ4n) is 4.47. The molecule has 186 valence electrons. The summed E-state index contributed by atoms with van der Waals surface area (Å²) in [7, 11) is 3.76. The fourth-order valence-corrected chi connectivity index (χ4v) is 4.47. The molecule has 1 aliphatic heterocycles. The lowest BCUT2D eigenvalue weighted by Gasteiger charge is -2.33. The third-order valence-corrected chi connectivity index (χ3v) is 6.52. The number of nitrogens with zero attached hydrogens (tertiary/aromatic N) is 3. The van der Waals surface area contributed by atoms with Gasteiger partial charge < -0.3 is 15.1 Å². The lowest BCUT2D eigenvalue weighted by atomic mass is 9.98. The predicted molar refractivity (Wildman–Crippen MR) is 130 cm³/mol. The number of hydrogen-bond donors (Lipinski definition) is 1. The van der Waals surface area contributed by atoms with Crippen LogP contribution in [0.3, 0.4) is 0 Å². The second kappa shape index (κ2) is 11.2. The number of nitrogens with one attached hydrogen (secondary N) is 1. The highest BCUT2D eigenvalue weighted by Gasteiger charge is 2.36. The average molecular weight is 477 g/mol. The molecule has 0 aliphatic carbocycles. The Hall–Kier alpha value is -2.58. The molecule has 34 heavy (non-hydrogen) atoms. The maximum Gasteiger partial charge on any atom is 0.416 e. The average Bonchev–Trinajstić information content (AvgIpc) is 2.81. The van der Waals surface area contributed by atoms with Crippen LogP contribution in [0.1, 0.15) is 42.1 Å². The summed E-state index contributed by atoms with van der Waals surface area (Å²) >= 11 is 0. The third kappa shape index (κ3) is 6.30. The van der Waals surface area contributed by atoms with E-state index in [2.05, 4.69) is 23.2 Å². The molecule has 0 bridgehead atoms. The molecular formula is C26H35F3N4O. The van der Waals surface area contributed by atoms with Crippen molar-refractivity contribution in [2.75, 3.05) is 52.1 Å². The van der Waals surface area contributed by atoms with Gasteiger partial charge in [-0.3, -0.25) is 9.69 Å². The largest absolute Gasteiger partial charge is 0.416 e. The molecule has 0 spiro atoms. The summed E-state index contributed by atoms with van der Waals surface area (Å²) in [6, 6.07) is 10.9. The van der Waals surface area contributed by atoms with Gasteiger partial charge in [0.15, 0.2) is 0 Å². The number of likely N-dealkylation sites (N-methyl/N-ethyl adjacent to an activating group) is 2. The van der Waals surface area contributed by atoms with Crippen LogP contribution in [-0.2, 0) is 23.9 Å². The van der Waals surface area contributed by atoms with E-state index in [4.69, 9.17) is 0 Å². The summed E-state index contributed by atoms with van der Waals surface area (Å²) in [5.74, 6) is -0.230. The van der Waals surface area contributed by atoms with Crippen molar-refractivity contribution in [1.29, 1.82) is 0 Å². The first-order valence-corrected chi connectivity index (χ1v) is 11.8. The lowest BCUT2D eigenvalue weighted by molar-refractivity contribution is -0.140. The number of carbonyl (C=O) groups is 1. The number of fused-ring (bicyclic) bond motifs is 1. The van der Waals surface area contributed by atoms with Crippen LogP contribution in [0, 0.1) is 0 Å². The second-order valence-electron chi connectivity index (χ2n) is 9.07. The summed E-state index contributed by atoms with van der Waals surface area (Å²) in [6.45, 7) is 7.50. The first kappa shape index (κ1) is 26.0. The highest BCUT2D eigenvalue weighted by molar-refractivity contribution is 5.81. The highest BCUT2D eigenvalue weighted by atomic mass is 19.4. The van der Waals surface area contributed by atoms with Crippen LogP contribution < -0.4 is 5.32 Å². The van der Waals surface area contributed by atoms with Crippen LogP contribution in [0.2, 0.25) is 0 Å². The fraction of sp³-hybridized carbons (Fsp3) is 0.500. The molecule has 0 fully saturated rings. The number of carbonyl (C=O) groups excluding carboxylic acids is 1. The summed E-state index contributed by atoms with van der Waals surface area (Å²) in [5.41, 5.74) is 2.80. The van der Waals surface area contributed by atoms with E-state index in [1.54, 1.807) is 17.9 Å². The monoisotopic (exact) mass is 476 g/mol. The van der Waals surface area contributed by atoms with Crippen molar-refractivity contribution in [2.24, 2.45) is 0 Å². The number of amides is 1. The van der Waals surface area contributed by atoms with Crippen molar-refractivity contribution in [2.45, 2.75) is 39.0 Å². The van der Waals surface area contributed by atoms with Gasteiger partial charge in [-0.2, -0.15) is 13.2 Å². The van der Waals surface area contributed by atoms with Gasteiger partial charge in [-0.15, -0.1) is 0 Å². The number of rotatable bonds is 9. The first-order chi connectivity index (χ1) is 16.1. The van der Waals surface area contributed by atoms with Crippen molar-refractivity contribution >= 4 is 11.6 Å². The molecule has 8 heteroatoms. The van der Waals surface area contributed by atoms with E-state index in [1.807, 2.05) is 31.1 Å². The van der Waals surface area contributed by atoms with Gasteiger partial charge in [0.05, 0.1) is 18.2 Å². The number of alkyl halides is 3. The molecule has 1 heterocycles. The molecule has 0 saturated heterocycles. The highest BCUT2D eigenvalue weighted by Crippen LogP contribution is 2.36. The van der Waals surface area contributed by atoms with Crippen molar-refractivity contribution in [3.05, 3.63) is 64.7 Å². The minimum absolute atomic E-state index is 0.0224. The summed E-state index contributed by atoms with van der Waals surface area (Å²) < 4.78 is 40.9. The summed E-state index contributed by atoms with van der Waals surface area (Å²) in [5, 5.41) is 3.28. The van der Waals surface area contributed by atoms with Crippen molar-refractivity contribution in [3.8, 4) is 0 Å². The Labute approximate surface area is 200 Å². The standard InChI is InChI=1S/C26H35F3N4O/c1-5-32-14-13-20-9-8-12-24(22(20)18-32)30-17-25(34)33(16-15-31(3)4)19(2)21-10-6-7-11-23(21)26(27,28)29/h6-12,19,30H,5,13-18H2,1-4H3. The molecule has 1 atom stereocenters. The van der Waals surface area contributed by atoms with Crippen LogP contribution in [0.15, 0.2) is 42.5 Å². The zero-order chi connectivity index (χ0) is 24.9. The van der Waals surface area contributed by atoms with E-state index < -0.39 is 17.8 Å². The van der Waals surface area contributed by atoms with E-state index in [9.17, 15) is 18.0 Å². The van der Waals surface area contributed by atoms with Gasteiger partial charge in [0.2, 0.25) is 5.91 Å². The van der Waals surface area contributed by atoms with E-state index in [0.717, 1.165) is 37.8 Å². The zero-order valence-electron chi connectivity index (χ0n) is 20.5. The number of halogens is 3. The van der Waals surface area contributed by atoms with Gasteiger partial charge in [0.25, 0.3) is 0 Å². The Bertz CT molecular complexity index is 977. The van der Waals surface area contributed by atoms with Gasteiger partial charge in [-0.25, -0.2) is 0 Å². The molecule has 5 nitrogen and oxygen atoms in total. The van der Waals surface area contributed by atoms with Gasteiger partial charge >= 0.3 is 6.18 Å².